The molecule has 0 aliphatic rings. The fourth-order valence-electron chi connectivity index (χ4n) is 1.52. The van der Waals surface area contributed by atoms with Crippen LogP contribution in [0.25, 0.3) is 0 Å². The summed E-state index contributed by atoms with van der Waals surface area (Å²) < 4.78 is 0. The molecule has 0 saturated heterocycles. The number of nitrogens with one attached hydrogen (secondary N) is 2. The Hall–Kier alpha value is -0.610. The lowest BCUT2D eigenvalue weighted by Gasteiger charge is -2.09. The lowest BCUT2D eigenvalue weighted by molar-refractivity contribution is 0.191. The predicted molar refractivity (Wildman–Crippen MR) is 74.7 cm³/mol. The quantitative estimate of drug-likeness (QED) is 0.649. The fraction of sp³-hybridized carbons (Fsp3) is 0.538. The summed E-state index contributed by atoms with van der Waals surface area (Å²) in [6.07, 6.45) is -0.267. The molecule has 1 aromatic carbocycles. The number of benzene rings is 1. The Labute approximate surface area is 110 Å². The van der Waals surface area contributed by atoms with Gasteiger partial charge in [0, 0.05) is 26.2 Å². The van der Waals surface area contributed by atoms with E-state index in [1.54, 1.807) is 6.92 Å². The van der Waals surface area contributed by atoms with Gasteiger partial charge in [-0.25, -0.2) is 0 Å². The third-order valence-corrected chi connectivity index (χ3v) is 2.50. The van der Waals surface area contributed by atoms with Gasteiger partial charge in [-0.05, 0) is 25.0 Å². The van der Waals surface area contributed by atoms with E-state index in [4.69, 9.17) is 5.11 Å². The van der Waals surface area contributed by atoms with Crippen LogP contribution < -0.4 is 10.6 Å². The summed E-state index contributed by atoms with van der Waals surface area (Å²) >= 11 is 0. The number of aryl methyl sites for hydroxylation is 1. The number of rotatable bonds is 7. The zero-order chi connectivity index (χ0) is 11.8. The minimum Gasteiger partial charge on any atom is -0.392 e. The smallest absolute Gasteiger partial charge is 0.0636 e. The first-order valence-corrected chi connectivity index (χ1v) is 5.84. The normalized spacial score (nSPS) is 11.9. The fourth-order valence-corrected chi connectivity index (χ4v) is 1.52. The Balaban J connectivity index is 0.00000256. The van der Waals surface area contributed by atoms with Crippen molar-refractivity contribution in [2.45, 2.75) is 26.5 Å². The highest BCUT2D eigenvalue weighted by Gasteiger charge is 1.96. The van der Waals surface area contributed by atoms with E-state index in [0.717, 1.165) is 19.6 Å². The van der Waals surface area contributed by atoms with Crippen molar-refractivity contribution in [3.8, 4) is 0 Å². The summed E-state index contributed by atoms with van der Waals surface area (Å²) in [5, 5.41) is 15.6. The maximum atomic E-state index is 9.04. The molecular formula is C13H23ClN2O. The molecule has 0 fully saturated rings. The standard InChI is InChI=1S/C13H22N2O.ClH/c1-11-5-3-4-6-13(11)10-15-8-7-14-9-12(2)16;/h3-6,12,14-16H,7-10H2,1-2H3;1H. The number of hydrogen-bond donors (Lipinski definition) is 3. The van der Waals surface area contributed by atoms with Crippen LogP contribution in [0.15, 0.2) is 24.3 Å². The molecule has 17 heavy (non-hydrogen) atoms. The minimum absolute atomic E-state index is 0. The number of hydrogen-bond acceptors (Lipinski definition) is 3. The van der Waals surface area contributed by atoms with E-state index >= 15 is 0 Å². The van der Waals surface area contributed by atoms with Crippen LogP contribution in [0.1, 0.15) is 18.1 Å². The van der Waals surface area contributed by atoms with Crippen molar-refractivity contribution in [1.82, 2.24) is 10.6 Å². The van der Waals surface area contributed by atoms with Gasteiger partial charge in [-0.1, -0.05) is 24.3 Å². The Morgan fingerprint density at radius 1 is 1.18 bits per heavy atom. The van der Waals surface area contributed by atoms with Crippen molar-refractivity contribution in [2.24, 2.45) is 0 Å². The Morgan fingerprint density at radius 2 is 1.82 bits per heavy atom. The molecule has 1 aromatic rings. The molecule has 1 rings (SSSR count). The molecule has 0 aromatic heterocycles. The monoisotopic (exact) mass is 258 g/mol. The van der Waals surface area contributed by atoms with Crippen molar-refractivity contribution in [3.63, 3.8) is 0 Å². The van der Waals surface area contributed by atoms with Crippen molar-refractivity contribution in [3.05, 3.63) is 35.4 Å². The van der Waals surface area contributed by atoms with Crippen LogP contribution in [0.2, 0.25) is 0 Å². The van der Waals surface area contributed by atoms with Gasteiger partial charge in [0.25, 0.3) is 0 Å². The third kappa shape index (κ3) is 7.34. The van der Waals surface area contributed by atoms with Gasteiger partial charge in [0.2, 0.25) is 0 Å². The Bertz CT molecular complexity index is 305. The molecule has 0 amide bonds. The van der Waals surface area contributed by atoms with E-state index in [9.17, 15) is 0 Å². The van der Waals surface area contributed by atoms with Gasteiger partial charge in [-0.2, -0.15) is 0 Å². The third-order valence-electron chi connectivity index (χ3n) is 2.50. The topological polar surface area (TPSA) is 44.3 Å². The van der Waals surface area contributed by atoms with E-state index in [1.165, 1.54) is 11.1 Å². The van der Waals surface area contributed by atoms with Crippen molar-refractivity contribution in [2.75, 3.05) is 19.6 Å². The second-order valence-corrected chi connectivity index (χ2v) is 4.16. The number of aliphatic hydroxyl groups excluding tert-OH is 1. The van der Waals surface area contributed by atoms with Crippen LogP contribution in [0, 0.1) is 6.92 Å². The van der Waals surface area contributed by atoms with Crippen LogP contribution >= 0.6 is 12.4 Å². The van der Waals surface area contributed by atoms with E-state index in [2.05, 4.69) is 41.8 Å². The van der Waals surface area contributed by atoms with Gasteiger partial charge >= 0.3 is 0 Å². The molecule has 3 nitrogen and oxygen atoms in total. The second kappa shape index (κ2) is 9.42. The first-order valence-electron chi connectivity index (χ1n) is 5.84. The molecule has 0 radical (unpaired) electrons. The SMILES string of the molecule is Cc1ccccc1CNCCNCC(C)O.Cl. The molecular weight excluding hydrogens is 236 g/mol. The first kappa shape index (κ1) is 16.4. The first-order chi connectivity index (χ1) is 7.70. The summed E-state index contributed by atoms with van der Waals surface area (Å²) in [7, 11) is 0. The number of aliphatic hydroxyl groups is 1. The molecule has 0 bridgehead atoms. The minimum atomic E-state index is -0.267. The maximum Gasteiger partial charge on any atom is 0.0636 e. The van der Waals surface area contributed by atoms with Gasteiger partial charge in [0.05, 0.1) is 6.10 Å². The summed E-state index contributed by atoms with van der Waals surface area (Å²) in [6.45, 7) is 7.28. The van der Waals surface area contributed by atoms with E-state index < -0.39 is 0 Å². The molecule has 4 heteroatoms. The molecule has 98 valence electrons. The molecule has 1 atom stereocenters. The summed E-state index contributed by atoms with van der Waals surface area (Å²) in [4.78, 5) is 0. The van der Waals surface area contributed by atoms with Gasteiger partial charge in [0.15, 0.2) is 0 Å². The van der Waals surface area contributed by atoms with Crippen molar-refractivity contribution in [1.29, 1.82) is 0 Å². The van der Waals surface area contributed by atoms with Crippen molar-refractivity contribution >= 4 is 12.4 Å². The Kier molecular flexibility index (Phi) is 9.09. The van der Waals surface area contributed by atoms with Crippen LogP contribution in [0.5, 0.6) is 0 Å². The Morgan fingerprint density at radius 3 is 2.47 bits per heavy atom. The molecule has 3 N–H and O–H groups in total. The van der Waals surface area contributed by atoms with Crippen LogP contribution in [0.3, 0.4) is 0 Å². The zero-order valence-electron chi connectivity index (χ0n) is 10.6. The summed E-state index contributed by atoms with van der Waals surface area (Å²) in [6, 6.07) is 8.40. The van der Waals surface area contributed by atoms with E-state index in [-0.39, 0.29) is 18.5 Å². The average Bonchev–Trinajstić information content (AvgIpc) is 2.25. The molecule has 0 aliphatic carbocycles. The summed E-state index contributed by atoms with van der Waals surface area (Å²) in [5.74, 6) is 0. The van der Waals surface area contributed by atoms with E-state index in [1.807, 2.05) is 0 Å². The van der Waals surface area contributed by atoms with Gasteiger partial charge < -0.3 is 15.7 Å². The molecule has 0 spiro atoms. The highest BCUT2D eigenvalue weighted by Crippen LogP contribution is 2.05. The summed E-state index contributed by atoms with van der Waals surface area (Å²) in [5.41, 5.74) is 2.67. The molecule has 0 heterocycles. The molecule has 0 saturated carbocycles. The molecule has 1 unspecified atom stereocenters. The van der Waals surface area contributed by atoms with Crippen molar-refractivity contribution < 1.29 is 5.11 Å². The zero-order valence-corrected chi connectivity index (χ0v) is 11.4. The lowest BCUT2D eigenvalue weighted by Crippen LogP contribution is -2.31. The van der Waals surface area contributed by atoms with Crippen LogP contribution in [-0.2, 0) is 6.54 Å². The van der Waals surface area contributed by atoms with Gasteiger partial charge in [0.1, 0.15) is 0 Å². The highest BCUT2D eigenvalue weighted by molar-refractivity contribution is 5.85. The van der Waals surface area contributed by atoms with Gasteiger partial charge in [-0.15, -0.1) is 12.4 Å². The number of halogens is 1. The van der Waals surface area contributed by atoms with E-state index in [0.29, 0.717) is 6.54 Å². The molecule has 0 aliphatic heterocycles. The highest BCUT2D eigenvalue weighted by atomic mass is 35.5. The van der Waals surface area contributed by atoms with Crippen LogP contribution in [-0.4, -0.2) is 30.8 Å². The van der Waals surface area contributed by atoms with Crippen LogP contribution in [0.4, 0.5) is 0 Å². The maximum absolute atomic E-state index is 9.04. The average molecular weight is 259 g/mol. The predicted octanol–water partition coefficient (Wildman–Crippen LogP) is 1.48. The lowest BCUT2D eigenvalue weighted by atomic mass is 10.1. The largest absolute Gasteiger partial charge is 0.392 e. The van der Waals surface area contributed by atoms with Gasteiger partial charge in [-0.3, -0.25) is 0 Å². The second-order valence-electron chi connectivity index (χ2n) is 4.16.